The Morgan fingerprint density at radius 3 is 2.41 bits per heavy atom. The molecule has 0 heterocycles. The van der Waals surface area contributed by atoms with Crippen LogP contribution in [-0.4, -0.2) is 18.9 Å². The lowest BCUT2D eigenvalue weighted by Gasteiger charge is -2.17. The van der Waals surface area contributed by atoms with E-state index >= 15 is 0 Å². The fraction of sp³-hybridized carbons (Fsp3) is 0.480. The van der Waals surface area contributed by atoms with Gasteiger partial charge < -0.3 is 10.1 Å². The molecule has 0 spiro atoms. The number of carbonyl (C=O) groups excluding carboxylic acids is 1. The molecule has 0 saturated carbocycles. The highest BCUT2D eigenvalue weighted by Crippen LogP contribution is 2.21. The molecule has 3 nitrogen and oxygen atoms in total. The number of rotatable bonds is 13. The Morgan fingerprint density at radius 2 is 1.76 bits per heavy atom. The van der Waals surface area contributed by atoms with Crippen molar-refractivity contribution in [1.82, 2.24) is 5.32 Å². The van der Waals surface area contributed by atoms with Crippen LogP contribution in [0.4, 0.5) is 4.39 Å². The third-order valence-electron chi connectivity index (χ3n) is 5.22. The van der Waals surface area contributed by atoms with Gasteiger partial charge in [0.25, 0.3) is 0 Å². The molecule has 2 aromatic carbocycles. The van der Waals surface area contributed by atoms with E-state index in [1.54, 1.807) is 12.1 Å². The first-order valence-corrected chi connectivity index (χ1v) is 10.8. The summed E-state index contributed by atoms with van der Waals surface area (Å²) in [5, 5.41) is 3.33. The van der Waals surface area contributed by atoms with Crippen LogP contribution in [0, 0.1) is 11.7 Å². The number of carbonyl (C=O) groups is 1. The van der Waals surface area contributed by atoms with Crippen LogP contribution in [0.15, 0.2) is 48.5 Å². The number of ketones is 1. The Hall–Kier alpha value is -2.20. The summed E-state index contributed by atoms with van der Waals surface area (Å²) in [6.45, 7) is 7.50. The molecule has 0 aliphatic rings. The first-order valence-electron chi connectivity index (χ1n) is 10.8. The second-order valence-corrected chi connectivity index (χ2v) is 7.66. The number of ether oxygens (including phenoxy) is 1. The fourth-order valence-electron chi connectivity index (χ4n) is 3.55. The van der Waals surface area contributed by atoms with Gasteiger partial charge in [0, 0.05) is 19.0 Å². The van der Waals surface area contributed by atoms with Crippen LogP contribution in [0.2, 0.25) is 0 Å². The molecule has 2 rings (SSSR count). The molecular weight excluding hydrogens is 365 g/mol. The standard InChI is InChI=1S/C25H34FNO2/c1-4-9-20(10-5-2)18-29-22-13-14-24(26)23(17-22)25(28)15-16-27-19(3)21-11-7-6-8-12-21/h6-8,11-14,17,19-20,27H,4-5,9-10,15-16,18H2,1-3H3/t19-/m0/s1. The fourth-order valence-corrected chi connectivity index (χ4v) is 3.55. The van der Waals surface area contributed by atoms with Gasteiger partial charge in [-0.25, -0.2) is 4.39 Å². The Morgan fingerprint density at radius 1 is 1.07 bits per heavy atom. The van der Waals surface area contributed by atoms with Crippen molar-refractivity contribution >= 4 is 5.78 Å². The lowest BCUT2D eigenvalue weighted by Crippen LogP contribution is -2.22. The van der Waals surface area contributed by atoms with E-state index in [-0.39, 0.29) is 23.8 Å². The molecule has 0 radical (unpaired) electrons. The minimum atomic E-state index is -0.489. The minimum absolute atomic E-state index is 0.110. The van der Waals surface area contributed by atoms with Crippen LogP contribution >= 0.6 is 0 Å². The van der Waals surface area contributed by atoms with Gasteiger partial charge in [0.05, 0.1) is 12.2 Å². The van der Waals surface area contributed by atoms with Crippen molar-refractivity contribution in [2.45, 2.75) is 58.9 Å². The van der Waals surface area contributed by atoms with Gasteiger partial charge in [-0.1, -0.05) is 57.0 Å². The van der Waals surface area contributed by atoms with Crippen molar-refractivity contribution in [2.75, 3.05) is 13.2 Å². The summed E-state index contributed by atoms with van der Waals surface area (Å²) >= 11 is 0. The summed E-state index contributed by atoms with van der Waals surface area (Å²) in [6, 6.07) is 14.7. The largest absolute Gasteiger partial charge is 0.493 e. The Kier molecular flexibility index (Phi) is 9.85. The maximum absolute atomic E-state index is 14.2. The summed E-state index contributed by atoms with van der Waals surface area (Å²) in [5.41, 5.74) is 1.27. The monoisotopic (exact) mass is 399 g/mol. The summed E-state index contributed by atoms with van der Waals surface area (Å²) in [4.78, 5) is 12.5. The molecule has 1 N–H and O–H groups in total. The molecule has 0 unspecified atom stereocenters. The van der Waals surface area contributed by atoms with Gasteiger partial charge in [-0.15, -0.1) is 0 Å². The number of hydrogen-bond donors (Lipinski definition) is 1. The quantitative estimate of drug-likeness (QED) is 0.399. The van der Waals surface area contributed by atoms with E-state index in [1.165, 1.54) is 6.07 Å². The SMILES string of the molecule is CCCC(CCC)COc1ccc(F)c(C(=O)CCN[C@@H](C)c2ccccc2)c1. The predicted molar refractivity (Wildman–Crippen MR) is 117 cm³/mol. The third-order valence-corrected chi connectivity index (χ3v) is 5.22. The highest BCUT2D eigenvalue weighted by atomic mass is 19.1. The van der Waals surface area contributed by atoms with E-state index in [4.69, 9.17) is 4.74 Å². The highest BCUT2D eigenvalue weighted by Gasteiger charge is 2.15. The van der Waals surface area contributed by atoms with E-state index in [9.17, 15) is 9.18 Å². The molecule has 0 bridgehead atoms. The van der Waals surface area contributed by atoms with E-state index in [0.717, 1.165) is 31.2 Å². The number of Topliss-reactive ketones (excluding diaryl/α,β-unsaturated/α-hetero) is 1. The topological polar surface area (TPSA) is 38.3 Å². The van der Waals surface area contributed by atoms with Crippen molar-refractivity contribution in [1.29, 1.82) is 0 Å². The third kappa shape index (κ3) is 7.62. The molecule has 1 atom stereocenters. The lowest BCUT2D eigenvalue weighted by molar-refractivity contribution is 0.0977. The van der Waals surface area contributed by atoms with Gasteiger partial charge in [-0.05, 0) is 49.4 Å². The number of benzene rings is 2. The number of nitrogens with one attached hydrogen (secondary N) is 1. The van der Waals surface area contributed by atoms with Crippen molar-refractivity contribution < 1.29 is 13.9 Å². The second-order valence-electron chi connectivity index (χ2n) is 7.66. The van der Waals surface area contributed by atoms with Crippen molar-refractivity contribution in [3.05, 3.63) is 65.5 Å². The van der Waals surface area contributed by atoms with Crippen molar-refractivity contribution in [3.63, 3.8) is 0 Å². The van der Waals surface area contributed by atoms with E-state index < -0.39 is 5.82 Å². The van der Waals surface area contributed by atoms with Crippen molar-refractivity contribution in [3.8, 4) is 5.75 Å². The van der Waals surface area contributed by atoms with Gasteiger partial charge in [0.1, 0.15) is 11.6 Å². The van der Waals surface area contributed by atoms with Crippen LogP contribution in [-0.2, 0) is 0 Å². The van der Waals surface area contributed by atoms with Gasteiger partial charge >= 0.3 is 0 Å². The molecule has 0 fully saturated rings. The molecule has 0 aliphatic heterocycles. The van der Waals surface area contributed by atoms with Crippen LogP contribution in [0.3, 0.4) is 0 Å². The second kappa shape index (κ2) is 12.4. The van der Waals surface area contributed by atoms with Crippen LogP contribution in [0.25, 0.3) is 0 Å². The molecule has 158 valence electrons. The van der Waals surface area contributed by atoms with Gasteiger partial charge in [0.2, 0.25) is 0 Å². The van der Waals surface area contributed by atoms with Gasteiger partial charge in [-0.3, -0.25) is 4.79 Å². The number of halogens is 1. The molecule has 2 aromatic rings. The molecule has 0 aromatic heterocycles. The highest BCUT2D eigenvalue weighted by molar-refractivity contribution is 5.96. The Balaban J connectivity index is 1.90. The average Bonchev–Trinajstić information content (AvgIpc) is 2.73. The number of hydrogen-bond acceptors (Lipinski definition) is 3. The van der Waals surface area contributed by atoms with Gasteiger partial charge in [0.15, 0.2) is 5.78 Å². The maximum Gasteiger partial charge on any atom is 0.167 e. The molecule has 0 aliphatic carbocycles. The van der Waals surface area contributed by atoms with Crippen LogP contribution in [0.5, 0.6) is 5.75 Å². The molecule has 4 heteroatoms. The van der Waals surface area contributed by atoms with Gasteiger partial charge in [-0.2, -0.15) is 0 Å². The summed E-state index contributed by atoms with van der Waals surface area (Å²) in [6.07, 6.45) is 4.72. The van der Waals surface area contributed by atoms with E-state index in [2.05, 4.69) is 26.1 Å². The molecular formula is C25H34FNO2. The molecule has 0 amide bonds. The first kappa shape index (κ1) is 23.1. The zero-order valence-electron chi connectivity index (χ0n) is 17.9. The maximum atomic E-state index is 14.2. The summed E-state index contributed by atoms with van der Waals surface area (Å²) < 4.78 is 20.1. The van der Waals surface area contributed by atoms with Crippen molar-refractivity contribution in [2.24, 2.45) is 5.92 Å². The minimum Gasteiger partial charge on any atom is -0.493 e. The first-order chi connectivity index (χ1) is 14.0. The Labute approximate surface area is 174 Å². The average molecular weight is 400 g/mol. The summed E-state index contributed by atoms with van der Waals surface area (Å²) in [5.74, 6) is 0.368. The van der Waals surface area contributed by atoms with Crippen LogP contribution in [0.1, 0.15) is 74.8 Å². The summed E-state index contributed by atoms with van der Waals surface area (Å²) in [7, 11) is 0. The van der Waals surface area contributed by atoms with Crippen LogP contribution < -0.4 is 10.1 Å². The zero-order chi connectivity index (χ0) is 21.1. The Bertz CT molecular complexity index is 742. The normalized spacial score (nSPS) is 12.2. The predicted octanol–water partition coefficient (Wildman–Crippen LogP) is 6.34. The zero-order valence-corrected chi connectivity index (χ0v) is 17.9. The molecule has 29 heavy (non-hydrogen) atoms. The molecule has 0 saturated heterocycles. The van der Waals surface area contributed by atoms with E-state index in [1.807, 2.05) is 30.3 Å². The smallest absolute Gasteiger partial charge is 0.167 e. The van der Waals surface area contributed by atoms with E-state index in [0.29, 0.717) is 24.8 Å². The lowest BCUT2D eigenvalue weighted by atomic mass is 9.99.